The average molecular weight is 439 g/mol. The fraction of sp³-hybridized carbons (Fsp3) is 0.333. The molecule has 8 heteroatoms. The number of rotatable bonds is 7. The van der Waals surface area contributed by atoms with Crippen LogP contribution < -0.4 is 10.6 Å². The molecule has 6 nitrogen and oxygen atoms in total. The molecule has 0 heterocycles. The van der Waals surface area contributed by atoms with E-state index < -0.39 is 23.7 Å². The summed E-state index contributed by atoms with van der Waals surface area (Å²) in [6, 6.07) is 11.5. The largest absolute Gasteiger partial charge is 0.480 e. The molecule has 0 bridgehead atoms. The van der Waals surface area contributed by atoms with Gasteiger partial charge in [0.1, 0.15) is 11.6 Å². The monoisotopic (exact) mass is 438 g/mol. The maximum atomic E-state index is 11.9. The minimum absolute atomic E-state index is 0.130. The molecule has 2 aromatic carbocycles. The molecular weight excluding hydrogens is 415 g/mol. The van der Waals surface area contributed by atoms with E-state index in [1.807, 2.05) is 12.1 Å². The Labute approximate surface area is 180 Å². The van der Waals surface area contributed by atoms with Crippen LogP contribution in [-0.4, -0.2) is 28.8 Å². The molecule has 0 unspecified atom stereocenters. The lowest BCUT2D eigenvalue weighted by molar-refractivity contribution is -0.139. The van der Waals surface area contributed by atoms with Gasteiger partial charge in [0, 0.05) is 34.3 Å². The highest BCUT2D eigenvalue weighted by Crippen LogP contribution is 2.25. The fourth-order valence-electron chi connectivity index (χ4n) is 2.54. The van der Waals surface area contributed by atoms with Gasteiger partial charge in [0.05, 0.1) is 0 Å². The summed E-state index contributed by atoms with van der Waals surface area (Å²) in [5, 5.41) is 16.2. The second kappa shape index (κ2) is 9.85. The van der Waals surface area contributed by atoms with Gasteiger partial charge in [-0.25, -0.2) is 9.59 Å². The quantitative estimate of drug-likeness (QED) is 0.557. The van der Waals surface area contributed by atoms with E-state index in [2.05, 4.69) is 10.6 Å². The summed E-state index contributed by atoms with van der Waals surface area (Å²) in [5.74, 6) is -1.13. The van der Waals surface area contributed by atoms with Gasteiger partial charge in [0.15, 0.2) is 0 Å². The highest BCUT2D eigenvalue weighted by Gasteiger charge is 2.24. The van der Waals surface area contributed by atoms with Crippen LogP contribution in [0.25, 0.3) is 0 Å². The Hall–Kier alpha value is -2.44. The van der Waals surface area contributed by atoms with E-state index in [0.29, 0.717) is 16.6 Å². The second-order valence-corrected chi connectivity index (χ2v) is 8.31. The van der Waals surface area contributed by atoms with Crippen molar-refractivity contribution in [2.75, 3.05) is 5.32 Å². The van der Waals surface area contributed by atoms with Crippen LogP contribution in [0.3, 0.4) is 0 Å². The minimum atomic E-state index is -1.13. The number of carboxylic acid groups (broad SMARTS) is 1. The predicted molar refractivity (Wildman–Crippen MR) is 115 cm³/mol. The van der Waals surface area contributed by atoms with Crippen molar-refractivity contribution in [3.8, 4) is 0 Å². The average Bonchev–Trinajstić information content (AvgIpc) is 2.60. The number of aliphatic carboxylic acids is 1. The normalized spacial score (nSPS) is 12.2. The molecular formula is C21H24Cl2N2O4. The third kappa shape index (κ3) is 7.48. The van der Waals surface area contributed by atoms with Gasteiger partial charge >= 0.3 is 12.1 Å². The van der Waals surface area contributed by atoms with E-state index in [1.54, 1.807) is 51.1 Å². The Balaban J connectivity index is 1.97. The molecule has 1 amide bonds. The van der Waals surface area contributed by atoms with Crippen LogP contribution in [0.4, 0.5) is 10.5 Å². The maximum Gasteiger partial charge on any atom is 0.408 e. The summed E-state index contributed by atoms with van der Waals surface area (Å²) in [7, 11) is 0. The highest BCUT2D eigenvalue weighted by atomic mass is 35.5. The summed E-state index contributed by atoms with van der Waals surface area (Å²) in [6.45, 7) is 5.59. The number of hydrogen-bond donors (Lipinski definition) is 3. The third-order valence-electron chi connectivity index (χ3n) is 3.91. The molecule has 0 aliphatic rings. The second-order valence-electron chi connectivity index (χ2n) is 7.49. The number of anilines is 1. The molecule has 0 fully saturated rings. The Morgan fingerprint density at radius 3 is 2.17 bits per heavy atom. The lowest BCUT2D eigenvalue weighted by atomic mass is 10.1. The van der Waals surface area contributed by atoms with Gasteiger partial charge in [-0.15, -0.1) is 0 Å². The number of hydrogen-bond acceptors (Lipinski definition) is 4. The number of alkyl carbamates (subject to hydrolysis) is 1. The molecule has 0 saturated carbocycles. The van der Waals surface area contributed by atoms with E-state index >= 15 is 0 Å². The molecule has 0 aliphatic carbocycles. The van der Waals surface area contributed by atoms with Crippen LogP contribution >= 0.6 is 23.2 Å². The number of benzene rings is 2. The van der Waals surface area contributed by atoms with Crippen molar-refractivity contribution >= 4 is 41.0 Å². The van der Waals surface area contributed by atoms with Gasteiger partial charge in [-0.2, -0.15) is 0 Å². The molecule has 0 aromatic heterocycles. The first-order valence-corrected chi connectivity index (χ1v) is 9.79. The van der Waals surface area contributed by atoms with Crippen LogP contribution in [-0.2, 0) is 22.5 Å². The van der Waals surface area contributed by atoms with Crippen molar-refractivity contribution in [3.05, 3.63) is 63.6 Å². The van der Waals surface area contributed by atoms with E-state index in [1.165, 1.54) is 0 Å². The summed E-state index contributed by atoms with van der Waals surface area (Å²) in [6.07, 6.45) is -0.634. The third-order valence-corrected chi connectivity index (χ3v) is 4.62. The zero-order valence-corrected chi connectivity index (χ0v) is 18.0. The zero-order chi connectivity index (χ0) is 21.6. The summed E-state index contributed by atoms with van der Waals surface area (Å²) >= 11 is 12.3. The Morgan fingerprint density at radius 2 is 1.66 bits per heavy atom. The van der Waals surface area contributed by atoms with Crippen molar-refractivity contribution in [3.63, 3.8) is 0 Å². The predicted octanol–water partition coefficient (Wildman–Crippen LogP) is 5.13. The molecule has 2 aromatic rings. The topological polar surface area (TPSA) is 87.7 Å². The fourth-order valence-corrected chi connectivity index (χ4v) is 3.07. The number of carbonyl (C=O) groups is 2. The van der Waals surface area contributed by atoms with E-state index in [4.69, 9.17) is 27.9 Å². The molecule has 3 N–H and O–H groups in total. The number of amides is 1. The first-order chi connectivity index (χ1) is 13.5. The number of nitrogens with one attached hydrogen (secondary N) is 2. The molecule has 2 rings (SSSR count). The molecule has 29 heavy (non-hydrogen) atoms. The van der Waals surface area contributed by atoms with Gasteiger partial charge in [0.2, 0.25) is 0 Å². The first kappa shape index (κ1) is 22.8. The minimum Gasteiger partial charge on any atom is -0.480 e. The molecule has 1 atom stereocenters. The molecule has 0 aliphatic heterocycles. The van der Waals surface area contributed by atoms with Gasteiger partial charge < -0.3 is 20.5 Å². The molecule has 156 valence electrons. The van der Waals surface area contributed by atoms with Gasteiger partial charge in [-0.1, -0.05) is 41.4 Å². The maximum absolute atomic E-state index is 11.9. The summed E-state index contributed by atoms with van der Waals surface area (Å²) < 4.78 is 5.12. The SMILES string of the molecule is CC(C)(C)OC(=O)N[C@@H](Cc1ccc(NCc2c(Cl)cccc2Cl)cc1)C(=O)O. The van der Waals surface area contributed by atoms with Crippen LogP contribution in [0.5, 0.6) is 0 Å². The molecule has 0 radical (unpaired) electrons. The number of halogens is 2. The van der Waals surface area contributed by atoms with Gasteiger partial charge in [-0.3, -0.25) is 0 Å². The van der Waals surface area contributed by atoms with Crippen molar-refractivity contribution in [1.29, 1.82) is 0 Å². The Kier molecular flexibility index (Phi) is 7.76. The van der Waals surface area contributed by atoms with Gasteiger partial charge in [-0.05, 0) is 50.6 Å². The van der Waals surface area contributed by atoms with Gasteiger partial charge in [0.25, 0.3) is 0 Å². The van der Waals surface area contributed by atoms with E-state index in [-0.39, 0.29) is 6.42 Å². The van der Waals surface area contributed by atoms with Crippen molar-refractivity contribution in [2.45, 2.75) is 45.4 Å². The van der Waals surface area contributed by atoms with E-state index in [9.17, 15) is 14.7 Å². The summed E-state index contributed by atoms with van der Waals surface area (Å²) in [5.41, 5.74) is 1.68. The van der Waals surface area contributed by atoms with Crippen LogP contribution in [0.2, 0.25) is 10.0 Å². The Bertz CT molecular complexity index is 844. The Morgan fingerprint density at radius 1 is 1.07 bits per heavy atom. The summed E-state index contributed by atoms with van der Waals surface area (Å²) in [4.78, 5) is 23.4. The number of ether oxygens (including phenoxy) is 1. The van der Waals surface area contributed by atoms with Crippen LogP contribution in [0.1, 0.15) is 31.9 Å². The smallest absolute Gasteiger partial charge is 0.408 e. The standard InChI is InChI=1S/C21H24Cl2N2O4/c1-21(2,3)29-20(28)25-18(19(26)27)11-13-7-9-14(10-8-13)24-12-15-16(22)5-4-6-17(15)23/h4-10,18,24H,11-12H2,1-3H3,(H,25,28)(H,26,27)/t18-/m0/s1. The lowest BCUT2D eigenvalue weighted by Gasteiger charge is -2.22. The van der Waals surface area contributed by atoms with Crippen LogP contribution in [0, 0.1) is 0 Å². The van der Waals surface area contributed by atoms with Crippen molar-refractivity contribution < 1.29 is 19.4 Å². The molecule has 0 saturated heterocycles. The first-order valence-electron chi connectivity index (χ1n) is 9.03. The van der Waals surface area contributed by atoms with Crippen molar-refractivity contribution in [1.82, 2.24) is 5.32 Å². The number of carbonyl (C=O) groups excluding carboxylic acids is 1. The lowest BCUT2D eigenvalue weighted by Crippen LogP contribution is -2.44. The zero-order valence-electron chi connectivity index (χ0n) is 16.5. The molecule has 0 spiro atoms. The number of carboxylic acids is 1. The van der Waals surface area contributed by atoms with E-state index in [0.717, 1.165) is 16.8 Å². The van der Waals surface area contributed by atoms with Crippen molar-refractivity contribution in [2.24, 2.45) is 0 Å². The highest BCUT2D eigenvalue weighted by molar-refractivity contribution is 6.36. The van der Waals surface area contributed by atoms with Crippen LogP contribution in [0.15, 0.2) is 42.5 Å².